The molecule has 2 rings (SSSR count). The van der Waals surface area contributed by atoms with Gasteiger partial charge in [0.15, 0.2) is 5.96 Å². The molecule has 0 aromatic carbocycles. The summed E-state index contributed by atoms with van der Waals surface area (Å²) in [6.07, 6.45) is 1.29. The molecule has 2 aliphatic heterocycles. The molecule has 1 unspecified atom stereocenters. The van der Waals surface area contributed by atoms with Crippen LogP contribution in [-0.2, 0) is 0 Å². The molecule has 0 aromatic rings. The fourth-order valence-electron chi connectivity index (χ4n) is 3.19. The van der Waals surface area contributed by atoms with E-state index < -0.39 is 0 Å². The summed E-state index contributed by atoms with van der Waals surface area (Å²) in [7, 11) is 2.20. The zero-order chi connectivity index (χ0) is 15.0. The minimum Gasteiger partial charge on any atom is -0.356 e. The van der Waals surface area contributed by atoms with Crippen molar-refractivity contribution in [3.05, 3.63) is 0 Å². The summed E-state index contributed by atoms with van der Waals surface area (Å²) < 4.78 is 0. The highest BCUT2D eigenvalue weighted by Gasteiger charge is 2.53. The summed E-state index contributed by atoms with van der Waals surface area (Å²) in [6, 6.07) is 0. The van der Waals surface area contributed by atoms with Crippen LogP contribution in [0.3, 0.4) is 0 Å². The van der Waals surface area contributed by atoms with Crippen molar-refractivity contribution in [2.75, 3.05) is 39.8 Å². The van der Waals surface area contributed by atoms with Gasteiger partial charge in [-0.2, -0.15) is 0 Å². The lowest BCUT2D eigenvalue weighted by atomic mass is 9.65. The largest absolute Gasteiger partial charge is 0.356 e. The lowest BCUT2D eigenvalue weighted by Crippen LogP contribution is -2.72. The van der Waals surface area contributed by atoms with Gasteiger partial charge in [0.05, 0.1) is 0 Å². The van der Waals surface area contributed by atoms with Gasteiger partial charge in [0.1, 0.15) is 0 Å². The Labute approximate surface area is 147 Å². The van der Waals surface area contributed by atoms with Crippen LogP contribution in [0, 0.1) is 11.3 Å². The van der Waals surface area contributed by atoms with Gasteiger partial charge in [-0.3, -0.25) is 4.99 Å². The van der Waals surface area contributed by atoms with Crippen LogP contribution in [0.4, 0.5) is 0 Å². The van der Waals surface area contributed by atoms with Crippen molar-refractivity contribution in [2.45, 2.75) is 46.6 Å². The average Bonchev–Trinajstić information content (AvgIpc) is 2.78. The first-order valence-corrected chi connectivity index (χ1v) is 8.02. The second kappa shape index (κ2) is 7.02. The SMILES string of the molecule is CCNC(=NCC1CCN(C)C1)N1CC(C)(C)C1(C)C.I. The normalized spacial score (nSPS) is 28.0. The molecule has 0 aromatic heterocycles. The second-order valence-corrected chi connectivity index (χ2v) is 7.64. The van der Waals surface area contributed by atoms with Gasteiger partial charge < -0.3 is 15.1 Å². The molecular weight excluding hydrogens is 375 g/mol. The van der Waals surface area contributed by atoms with Crippen LogP contribution in [0.25, 0.3) is 0 Å². The maximum atomic E-state index is 4.92. The standard InChI is InChI=1S/C16H32N4.HI/c1-7-17-14(18-10-13-8-9-19(6)11-13)20-12-15(2,3)16(20,4)5;/h13H,7-12H2,1-6H3,(H,17,18);1H. The number of likely N-dealkylation sites (tertiary alicyclic amines) is 2. The fourth-order valence-corrected chi connectivity index (χ4v) is 3.19. The van der Waals surface area contributed by atoms with Gasteiger partial charge >= 0.3 is 0 Å². The molecule has 1 N–H and O–H groups in total. The summed E-state index contributed by atoms with van der Waals surface area (Å²) >= 11 is 0. The van der Waals surface area contributed by atoms with E-state index in [1.165, 1.54) is 19.5 Å². The zero-order valence-electron chi connectivity index (χ0n) is 14.6. The van der Waals surface area contributed by atoms with Gasteiger partial charge in [0.2, 0.25) is 0 Å². The molecule has 1 atom stereocenters. The van der Waals surface area contributed by atoms with E-state index in [4.69, 9.17) is 4.99 Å². The lowest BCUT2D eigenvalue weighted by molar-refractivity contribution is -0.0667. The van der Waals surface area contributed by atoms with Crippen molar-refractivity contribution in [1.82, 2.24) is 15.1 Å². The summed E-state index contributed by atoms with van der Waals surface area (Å²) in [5.41, 5.74) is 0.539. The molecule has 2 saturated heterocycles. The molecule has 0 radical (unpaired) electrons. The van der Waals surface area contributed by atoms with E-state index in [-0.39, 0.29) is 29.5 Å². The molecule has 21 heavy (non-hydrogen) atoms. The van der Waals surface area contributed by atoms with E-state index in [2.05, 4.69) is 56.8 Å². The highest BCUT2D eigenvalue weighted by molar-refractivity contribution is 14.0. The first-order valence-electron chi connectivity index (χ1n) is 8.02. The van der Waals surface area contributed by atoms with Crippen LogP contribution in [0.1, 0.15) is 41.0 Å². The topological polar surface area (TPSA) is 30.9 Å². The van der Waals surface area contributed by atoms with Crippen molar-refractivity contribution >= 4 is 29.9 Å². The number of nitrogens with one attached hydrogen (secondary N) is 1. The van der Waals surface area contributed by atoms with Gasteiger partial charge in [-0.1, -0.05) is 13.8 Å². The molecular formula is C16H33IN4. The Hall–Kier alpha value is -0.0400. The predicted octanol–water partition coefficient (Wildman–Crippen LogP) is 2.64. The summed E-state index contributed by atoms with van der Waals surface area (Å²) in [5.74, 6) is 1.83. The average molecular weight is 408 g/mol. The smallest absolute Gasteiger partial charge is 0.194 e. The molecule has 0 aliphatic carbocycles. The third-order valence-electron chi connectivity index (χ3n) is 5.46. The molecule has 2 aliphatic rings. The Morgan fingerprint density at radius 2 is 1.95 bits per heavy atom. The number of hydrogen-bond donors (Lipinski definition) is 1. The maximum Gasteiger partial charge on any atom is 0.194 e. The minimum absolute atomic E-state index is 0. The lowest BCUT2D eigenvalue weighted by Gasteiger charge is -2.62. The van der Waals surface area contributed by atoms with Gasteiger partial charge in [-0.15, -0.1) is 24.0 Å². The van der Waals surface area contributed by atoms with Crippen molar-refractivity contribution in [1.29, 1.82) is 0 Å². The number of aliphatic imine (C=N–C) groups is 1. The molecule has 124 valence electrons. The number of halogens is 1. The van der Waals surface area contributed by atoms with Crippen LogP contribution in [-0.4, -0.2) is 61.1 Å². The van der Waals surface area contributed by atoms with Crippen molar-refractivity contribution in [3.63, 3.8) is 0 Å². The van der Waals surface area contributed by atoms with E-state index in [0.717, 1.165) is 31.5 Å². The van der Waals surface area contributed by atoms with Gasteiger partial charge in [-0.05, 0) is 46.7 Å². The molecule has 5 heteroatoms. The molecule has 0 amide bonds. The van der Waals surface area contributed by atoms with Crippen LogP contribution in [0.2, 0.25) is 0 Å². The summed E-state index contributed by atoms with van der Waals surface area (Å²) in [4.78, 5) is 9.76. The molecule has 2 heterocycles. The first-order chi connectivity index (χ1) is 9.28. The van der Waals surface area contributed by atoms with Crippen LogP contribution in [0.15, 0.2) is 4.99 Å². The Morgan fingerprint density at radius 3 is 2.38 bits per heavy atom. The van der Waals surface area contributed by atoms with Gasteiger partial charge in [0.25, 0.3) is 0 Å². The van der Waals surface area contributed by atoms with E-state index in [9.17, 15) is 0 Å². The quantitative estimate of drug-likeness (QED) is 0.443. The third kappa shape index (κ3) is 3.84. The number of rotatable bonds is 3. The van der Waals surface area contributed by atoms with Crippen LogP contribution in [0.5, 0.6) is 0 Å². The Bertz CT molecular complexity index is 378. The Kier molecular flexibility index (Phi) is 6.36. The van der Waals surface area contributed by atoms with E-state index in [1.807, 2.05) is 0 Å². The first kappa shape index (κ1) is 19.0. The van der Waals surface area contributed by atoms with Crippen molar-refractivity contribution in [2.24, 2.45) is 16.3 Å². The van der Waals surface area contributed by atoms with E-state index in [1.54, 1.807) is 0 Å². The van der Waals surface area contributed by atoms with E-state index >= 15 is 0 Å². The van der Waals surface area contributed by atoms with Gasteiger partial charge in [0, 0.05) is 37.1 Å². The molecule has 0 bridgehead atoms. The van der Waals surface area contributed by atoms with Gasteiger partial charge in [-0.25, -0.2) is 0 Å². The van der Waals surface area contributed by atoms with Crippen LogP contribution >= 0.6 is 24.0 Å². The Morgan fingerprint density at radius 1 is 1.29 bits per heavy atom. The van der Waals surface area contributed by atoms with Crippen LogP contribution < -0.4 is 5.32 Å². The molecule has 4 nitrogen and oxygen atoms in total. The third-order valence-corrected chi connectivity index (χ3v) is 5.46. The maximum absolute atomic E-state index is 4.92. The molecule has 0 spiro atoms. The Balaban J connectivity index is 0.00000220. The van der Waals surface area contributed by atoms with Crippen molar-refractivity contribution < 1.29 is 0 Å². The number of guanidine groups is 1. The monoisotopic (exact) mass is 408 g/mol. The zero-order valence-corrected chi connectivity index (χ0v) is 16.9. The highest BCUT2D eigenvalue weighted by atomic mass is 127. The number of hydrogen-bond acceptors (Lipinski definition) is 2. The summed E-state index contributed by atoms with van der Waals surface area (Å²) in [6.45, 7) is 16.9. The molecule has 2 fully saturated rings. The molecule has 0 saturated carbocycles. The van der Waals surface area contributed by atoms with Crippen molar-refractivity contribution in [3.8, 4) is 0 Å². The predicted molar refractivity (Wildman–Crippen MR) is 102 cm³/mol. The summed E-state index contributed by atoms with van der Waals surface area (Å²) in [5, 5.41) is 3.48. The minimum atomic E-state index is 0. The second-order valence-electron chi connectivity index (χ2n) is 7.64. The van der Waals surface area contributed by atoms with E-state index in [0.29, 0.717) is 5.41 Å². The highest BCUT2D eigenvalue weighted by Crippen LogP contribution is 2.46. The fraction of sp³-hybridized carbons (Fsp3) is 0.938. The number of nitrogens with zero attached hydrogens (tertiary/aromatic N) is 3.